The Hall–Kier alpha value is -2.30. The highest BCUT2D eigenvalue weighted by Gasteiger charge is 2.21. The average molecular weight is 285 g/mol. The number of H-pyrrole nitrogens is 1. The number of benzene rings is 1. The molecule has 1 amide bonds. The van der Waals surface area contributed by atoms with Gasteiger partial charge in [0, 0.05) is 17.8 Å². The fourth-order valence-electron chi connectivity index (χ4n) is 2.79. The smallest absolute Gasteiger partial charge is 0.272 e. The zero-order valence-electron chi connectivity index (χ0n) is 11.9. The van der Waals surface area contributed by atoms with Crippen molar-refractivity contribution in [1.29, 1.82) is 0 Å². The summed E-state index contributed by atoms with van der Waals surface area (Å²) in [5.41, 5.74) is 3.54. The molecule has 3 N–H and O–H groups in total. The Balaban J connectivity index is 1.60. The van der Waals surface area contributed by atoms with E-state index in [-0.39, 0.29) is 11.7 Å². The van der Waals surface area contributed by atoms with E-state index < -0.39 is 0 Å². The highest BCUT2D eigenvalue weighted by atomic mass is 16.3. The third-order valence-corrected chi connectivity index (χ3v) is 3.94. The van der Waals surface area contributed by atoms with Crippen molar-refractivity contribution < 1.29 is 9.90 Å². The van der Waals surface area contributed by atoms with Crippen LogP contribution in [0.25, 0.3) is 0 Å². The summed E-state index contributed by atoms with van der Waals surface area (Å²) < 4.78 is 0. The van der Waals surface area contributed by atoms with Gasteiger partial charge >= 0.3 is 0 Å². The van der Waals surface area contributed by atoms with Crippen LogP contribution in [0, 0.1) is 0 Å². The molecule has 0 saturated carbocycles. The van der Waals surface area contributed by atoms with Crippen LogP contribution in [-0.2, 0) is 19.3 Å². The van der Waals surface area contributed by atoms with Gasteiger partial charge in [-0.05, 0) is 43.7 Å². The average Bonchev–Trinajstić information content (AvgIpc) is 2.93. The van der Waals surface area contributed by atoms with Gasteiger partial charge in [0.25, 0.3) is 5.91 Å². The minimum absolute atomic E-state index is 0.134. The molecule has 5 nitrogen and oxygen atoms in total. The molecule has 0 bridgehead atoms. The number of para-hydroxylation sites is 1. The van der Waals surface area contributed by atoms with Crippen molar-refractivity contribution in [3.63, 3.8) is 0 Å². The number of fused-ring (bicyclic) bond motifs is 1. The third-order valence-electron chi connectivity index (χ3n) is 3.94. The van der Waals surface area contributed by atoms with Gasteiger partial charge in [0.05, 0.1) is 0 Å². The van der Waals surface area contributed by atoms with Gasteiger partial charge in [-0.15, -0.1) is 0 Å². The number of rotatable bonds is 4. The number of phenolic OH excluding ortho intramolecular Hbond substituents is 1. The third kappa shape index (κ3) is 2.91. The van der Waals surface area contributed by atoms with Crippen LogP contribution in [0.15, 0.2) is 24.3 Å². The number of aromatic hydroxyl groups is 1. The van der Waals surface area contributed by atoms with Crippen molar-refractivity contribution in [1.82, 2.24) is 15.5 Å². The van der Waals surface area contributed by atoms with Gasteiger partial charge in [-0.25, -0.2) is 0 Å². The van der Waals surface area contributed by atoms with Crippen molar-refractivity contribution in [2.75, 3.05) is 6.54 Å². The SMILES string of the molecule is O=C(NCCc1ccccc1O)c1n[nH]c2c1CCCC2. The van der Waals surface area contributed by atoms with Gasteiger partial charge in [0.2, 0.25) is 0 Å². The van der Waals surface area contributed by atoms with E-state index in [0.717, 1.165) is 42.5 Å². The van der Waals surface area contributed by atoms with Crippen LogP contribution in [0.1, 0.15) is 40.2 Å². The molecule has 1 aromatic carbocycles. The summed E-state index contributed by atoms with van der Waals surface area (Å²) in [4.78, 5) is 12.2. The molecule has 0 radical (unpaired) electrons. The van der Waals surface area contributed by atoms with Crippen molar-refractivity contribution in [3.8, 4) is 5.75 Å². The Morgan fingerprint density at radius 3 is 2.95 bits per heavy atom. The topological polar surface area (TPSA) is 78.0 Å². The summed E-state index contributed by atoms with van der Waals surface area (Å²) in [5.74, 6) is 0.133. The number of carbonyl (C=O) groups excluding carboxylic acids is 1. The normalized spacial score (nSPS) is 13.7. The Bertz CT molecular complexity index is 649. The second-order valence-corrected chi connectivity index (χ2v) is 5.37. The molecule has 2 aromatic rings. The Labute approximate surface area is 123 Å². The Morgan fingerprint density at radius 1 is 1.29 bits per heavy atom. The maximum absolute atomic E-state index is 12.2. The molecule has 0 fully saturated rings. The highest BCUT2D eigenvalue weighted by Crippen LogP contribution is 2.22. The predicted octanol–water partition coefficient (Wildman–Crippen LogP) is 1.97. The predicted molar refractivity (Wildman–Crippen MR) is 79.4 cm³/mol. The number of amides is 1. The number of aryl methyl sites for hydroxylation is 1. The van der Waals surface area contributed by atoms with E-state index in [0.29, 0.717) is 18.7 Å². The van der Waals surface area contributed by atoms with Crippen molar-refractivity contribution in [3.05, 3.63) is 46.8 Å². The molecule has 1 aliphatic carbocycles. The standard InChI is InChI=1S/C16H19N3O2/c20-14-8-4-1-5-11(14)9-10-17-16(21)15-12-6-2-3-7-13(12)18-19-15/h1,4-5,8,20H,2-3,6-7,9-10H2,(H,17,21)(H,18,19). The van der Waals surface area contributed by atoms with Gasteiger partial charge in [-0.3, -0.25) is 9.89 Å². The Kier molecular flexibility index (Phi) is 3.90. The zero-order chi connectivity index (χ0) is 14.7. The second-order valence-electron chi connectivity index (χ2n) is 5.37. The molecular formula is C16H19N3O2. The molecule has 110 valence electrons. The fourth-order valence-corrected chi connectivity index (χ4v) is 2.79. The van der Waals surface area contributed by atoms with Crippen molar-refractivity contribution >= 4 is 5.91 Å². The van der Waals surface area contributed by atoms with E-state index in [4.69, 9.17) is 0 Å². The summed E-state index contributed by atoms with van der Waals surface area (Å²) in [6, 6.07) is 7.17. The van der Waals surface area contributed by atoms with E-state index in [9.17, 15) is 9.90 Å². The minimum atomic E-state index is -0.134. The second kappa shape index (κ2) is 5.99. The van der Waals surface area contributed by atoms with Crippen LogP contribution in [0.3, 0.4) is 0 Å². The number of nitrogens with one attached hydrogen (secondary N) is 2. The number of aromatic nitrogens is 2. The minimum Gasteiger partial charge on any atom is -0.508 e. The number of hydrogen-bond acceptors (Lipinski definition) is 3. The molecule has 0 aliphatic heterocycles. The van der Waals surface area contributed by atoms with Gasteiger partial charge in [-0.2, -0.15) is 5.10 Å². The number of phenols is 1. The molecule has 0 unspecified atom stereocenters. The summed E-state index contributed by atoms with van der Waals surface area (Å²) >= 11 is 0. The van der Waals surface area contributed by atoms with Crippen LogP contribution < -0.4 is 5.32 Å². The number of hydrogen-bond donors (Lipinski definition) is 3. The van der Waals surface area contributed by atoms with E-state index >= 15 is 0 Å². The quantitative estimate of drug-likeness (QED) is 0.803. The first-order valence-corrected chi connectivity index (χ1v) is 7.37. The lowest BCUT2D eigenvalue weighted by molar-refractivity contribution is 0.0948. The van der Waals surface area contributed by atoms with Gasteiger partial charge < -0.3 is 10.4 Å². The van der Waals surface area contributed by atoms with Crippen LogP contribution in [0.4, 0.5) is 0 Å². The molecule has 1 aliphatic rings. The fraction of sp³-hybridized carbons (Fsp3) is 0.375. The Morgan fingerprint density at radius 2 is 2.10 bits per heavy atom. The van der Waals surface area contributed by atoms with Crippen LogP contribution in [-0.4, -0.2) is 27.8 Å². The van der Waals surface area contributed by atoms with E-state index in [2.05, 4.69) is 15.5 Å². The molecule has 0 spiro atoms. The first-order valence-electron chi connectivity index (χ1n) is 7.37. The maximum Gasteiger partial charge on any atom is 0.272 e. The number of aromatic amines is 1. The van der Waals surface area contributed by atoms with Crippen LogP contribution in [0.5, 0.6) is 5.75 Å². The van der Waals surface area contributed by atoms with Crippen molar-refractivity contribution in [2.45, 2.75) is 32.1 Å². The zero-order valence-corrected chi connectivity index (χ0v) is 11.9. The van der Waals surface area contributed by atoms with Gasteiger partial charge in [0.15, 0.2) is 5.69 Å². The van der Waals surface area contributed by atoms with E-state index in [1.165, 1.54) is 0 Å². The molecule has 5 heteroatoms. The largest absolute Gasteiger partial charge is 0.508 e. The van der Waals surface area contributed by atoms with Gasteiger partial charge in [-0.1, -0.05) is 18.2 Å². The summed E-state index contributed by atoms with van der Waals surface area (Å²) in [5, 5.41) is 19.7. The summed E-state index contributed by atoms with van der Waals surface area (Å²) in [6.45, 7) is 0.484. The maximum atomic E-state index is 12.2. The first kappa shape index (κ1) is 13.7. The van der Waals surface area contributed by atoms with Crippen LogP contribution >= 0.6 is 0 Å². The number of nitrogens with zero attached hydrogens (tertiary/aromatic N) is 1. The first-order chi connectivity index (χ1) is 10.3. The molecular weight excluding hydrogens is 266 g/mol. The number of carbonyl (C=O) groups is 1. The highest BCUT2D eigenvalue weighted by molar-refractivity contribution is 5.94. The molecule has 1 aromatic heterocycles. The van der Waals surface area contributed by atoms with E-state index in [1.54, 1.807) is 12.1 Å². The lowest BCUT2D eigenvalue weighted by Gasteiger charge is -2.11. The molecule has 0 saturated heterocycles. The lowest BCUT2D eigenvalue weighted by atomic mass is 9.96. The monoisotopic (exact) mass is 285 g/mol. The van der Waals surface area contributed by atoms with Gasteiger partial charge in [0.1, 0.15) is 5.75 Å². The lowest BCUT2D eigenvalue weighted by Crippen LogP contribution is -2.27. The van der Waals surface area contributed by atoms with E-state index in [1.807, 2.05) is 12.1 Å². The molecule has 0 atom stereocenters. The summed E-state index contributed by atoms with van der Waals surface area (Å²) in [7, 11) is 0. The molecule has 21 heavy (non-hydrogen) atoms. The van der Waals surface area contributed by atoms with Crippen LogP contribution in [0.2, 0.25) is 0 Å². The van der Waals surface area contributed by atoms with Crippen molar-refractivity contribution in [2.24, 2.45) is 0 Å². The molecule has 3 rings (SSSR count). The summed E-state index contributed by atoms with van der Waals surface area (Å²) in [6.07, 6.45) is 4.78. The molecule has 1 heterocycles.